The number of hydrogen-bond acceptors (Lipinski definition) is 3. The second-order valence-corrected chi connectivity index (χ2v) is 5.28. The van der Waals surface area contributed by atoms with Gasteiger partial charge in [-0.05, 0) is 25.3 Å². The Morgan fingerprint density at radius 1 is 1.15 bits per heavy atom. The normalized spacial score (nSPS) is 11.2. The van der Waals surface area contributed by atoms with Crippen LogP contribution in [-0.4, -0.2) is 15.0 Å². The molecule has 0 aliphatic heterocycles. The van der Waals surface area contributed by atoms with Crippen molar-refractivity contribution in [2.75, 3.05) is 0 Å². The maximum atomic E-state index is 5.81. The molecule has 2 aromatic rings. The molecule has 1 heterocycles. The van der Waals surface area contributed by atoms with Crippen LogP contribution in [0.3, 0.4) is 0 Å². The van der Waals surface area contributed by atoms with Gasteiger partial charge in [-0.25, -0.2) is 4.68 Å². The van der Waals surface area contributed by atoms with E-state index >= 15 is 0 Å². The van der Waals surface area contributed by atoms with Gasteiger partial charge in [-0.2, -0.15) is 0 Å². The van der Waals surface area contributed by atoms with Gasteiger partial charge in [0.05, 0.1) is 17.9 Å². The number of aryl methyl sites for hydroxylation is 1. The predicted octanol–water partition coefficient (Wildman–Crippen LogP) is 3.00. The lowest BCUT2D eigenvalue weighted by atomic mass is 9.97. The Bertz CT molecular complexity index is 538. The van der Waals surface area contributed by atoms with Crippen LogP contribution >= 0.6 is 0 Å². The third-order valence-corrected chi connectivity index (χ3v) is 3.87. The van der Waals surface area contributed by atoms with Gasteiger partial charge < -0.3 is 5.73 Å². The fourth-order valence-electron chi connectivity index (χ4n) is 2.61. The fraction of sp³-hybridized carbons (Fsp3) is 0.500. The van der Waals surface area contributed by atoms with E-state index in [0.29, 0.717) is 12.5 Å². The van der Waals surface area contributed by atoms with Gasteiger partial charge in [0.2, 0.25) is 0 Å². The lowest BCUT2D eigenvalue weighted by Gasteiger charge is -2.16. The Balaban J connectivity index is 2.31. The first-order chi connectivity index (χ1) is 9.69. The molecule has 2 N–H and O–H groups in total. The Morgan fingerprint density at radius 2 is 1.80 bits per heavy atom. The smallest absolute Gasteiger partial charge is 0.0997 e. The average Bonchev–Trinajstić information content (AvgIpc) is 2.86. The van der Waals surface area contributed by atoms with Gasteiger partial charge in [-0.3, -0.25) is 0 Å². The zero-order chi connectivity index (χ0) is 14.5. The molecule has 0 radical (unpaired) electrons. The van der Waals surface area contributed by atoms with Gasteiger partial charge in [-0.15, -0.1) is 5.10 Å². The summed E-state index contributed by atoms with van der Waals surface area (Å²) in [6.45, 7) is 7.73. The lowest BCUT2D eigenvalue weighted by Crippen LogP contribution is -2.12. The first-order valence-electron chi connectivity index (χ1n) is 7.37. The Morgan fingerprint density at radius 3 is 2.35 bits per heavy atom. The Kier molecular flexibility index (Phi) is 4.90. The molecule has 1 aromatic carbocycles. The van der Waals surface area contributed by atoms with E-state index in [1.807, 2.05) is 4.68 Å². The van der Waals surface area contributed by atoms with Crippen LogP contribution in [-0.2, 0) is 13.1 Å². The number of nitrogens with two attached hydrogens (primary N) is 1. The van der Waals surface area contributed by atoms with Crippen LogP contribution in [0.4, 0.5) is 0 Å². The summed E-state index contributed by atoms with van der Waals surface area (Å²) in [7, 11) is 0. The van der Waals surface area contributed by atoms with E-state index < -0.39 is 0 Å². The molecule has 0 aliphatic rings. The molecule has 0 aliphatic carbocycles. The molecule has 0 fully saturated rings. The third kappa shape index (κ3) is 3.07. The van der Waals surface area contributed by atoms with Gasteiger partial charge in [0.25, 0.3) is 0 Å². The predicted molar refractivity (Wildman–Crippen MR) is 81.5 cm³/mol. The SMILES string of the molecule is CCC(CC)c1c(CN)nnn1Cc1ccc(C)cc1. The fourth-order valence-corrected chi connectivity index (χ4v) is 2.61. The second-order valence-electron chi connectivity index (χ2n) is 5.28. The molecule has 0 saturated carbocycles. The van der Waals surface area contributed by atoms with Crippen LogP contribution in [0.25, 0.3) is 0 Å². The molecule has 0 bridgehead atoms. The van der Waals surface area contributed by atoms with E-state index in [0.717, 1.165) is 25.1 Å². The van der Waals surface area contributed by atoms with Crippen LogP contribution in [0.2, 0.25) is 0 Å². The number of nitrogens with zero attached hydrogens (tertiary/aromatic N) is 3. The Labute approximate surface area is 121 Å². The van der Waals surface area contributed by atoms with Gasteiger partial charge in [0.1, 0.15) is 0 Å². The first kappa shape index (κ1) is 14.7. The molecule has 20 heavy (non-hydrogen) atoms. The van der Waals surface area contributed by atoms with Crippen molar-refractivity contribution in [3.8, 4) is 0 Å². The highest BCUT2D eigenvalue weighted by molar-refractivity contribution is 5.23. The molecule has 0 unspecified atom stereocenters. The quantitative estimate of drug-likeness (QED) is 0.879. The first-order valence-corrected chi connectivity index (χ1v) is 7.37. The number of benzene rings is 1. The monoisotopic (exact) mass is 272 g/mol. The molecule has 4 nitrogen and oxygen atoms in total. The van der Waals surface area contributed by atoms with Crippen molar-refractivity contribution in [3.63, 3.8) is 0 Å². The number of aromatic nitrogens is 3. The summed E-state index contributed by atoms with van der Waals surface area (Å²) in [5, 5.41) is 8.56. The van der Waals surface area contributed by atoms with Crippen molar-refractivity contribution < 1.29 is 0 Å². The number of rotatable bonds is 6. The highest BCUT2D eigenvalue weighted by atomic mass is 15.4. The standard InChI is InChI=1S/C16H24N4/c1-4-14(5-2)16-15(10-17)18-19-20(16)11-13-8-6-12(3)7-9-13/h6-9,14H,4-5,10-11,17H2,1-3H3. The van der Waals surface area contributed by atoms with Crippen molar-refractivity contribution in [1.29, 1.82) is 0 Å². The highest BCUT2D eigenvalue weighted by Gasteiger charge is 2.19. The summed E-state index contributed by atoms with van der Waals surface area (Å²) < 4.78 is 2.02. The van der Waals surface area contributed by atoms with Crippen molar-refractivity contribution in [2.24, 2.45) is 5.73 Å². The minimum Gasteiger partial charge on any atom is -0.325 e. The van der Waals surface area contributed by atoms with Gasteiger partial charge in [0.15, 0.2) is 0 Å². The van der Waals surface area contributed by atoms with E-state index in [2.05, 4.69) is 55.3 Å². The van der Waals surface area contributed by atoms with E-state index in [4.69, 9.17) is 5.73 Å². The summed E-state index contributed by atoms with van der Waals surface area (Å²) in [5.41, 5.74) is 10.5. The summed E-state index contributed by atoms with van der Waals surface area (Å²) in [6, 6.07) is 8.56. The average molecular weight is 272 g/mol. The maximum absolute atomic E-state index is 5.81. The minimum atomic E-state index is 0.458. The van der Waals surface area contributed by atoms with E-state index in [-0.39, 0.29) is 0 Å². The van der Waals surface area contributed by atoms with Gasteiger partial charge >= 0.3 is 0 Å². The minimum absolute atomic E-state index is 0.458. The zero-order valence-electron chi connectivity index (χ0n) is 12.6. The molecule has 0 atom stereocenters. The Hall–Kier alpha value is -1.68. The molecule has 0 amide bonds. The topological polar surface area (TPSA) is 56.7 Å². The largest absolute Gasteiger partial charge is 0.325 e. The molecule has 108 valence electrons. The van der Waals surface area contributed by atoms with Crippen molar-refractivity contribution >= 4 is 0 Å². The molecular weight excluding hydrogens is 248 g/mol. The van der Waals surface area contributed by atoms with Crippen LogP contribution < -0.4 is 5.73 Å². The summed E-state index contributed by atoms with van der Waals surface area (Å²) in [5.74, 6) is 0.481. The second kappa shape index (κ2) is 6.66. The van der Waals surface area contributed by atoms with E-state index in [1.165, 1.54) is 16.8 Å². The van der Waals surface area contributed by atoms with Gasteiger partial charge in [-0.1, -0.05) is 48.9 Å². The van der Waals surface area contributed by atoms with Gasteiger partial charge in [0, 0.05) is 12.5 Å². The van der Waals surface area contributed by atoms with Crippen LogP contribution in [0.5, 0.6) is 0 Å². The maximum Gasteiger partial charge on any atom is 0.0997 e. The van der Waals surface area contributed by atoms with Crippen molar-refractivity contribution in [1.82, 2.24) is 15.0 Å². The van der Waals surface area contributed by atoms with Crippen molar-refractivity contribution in [2.45, 2.75) is 52.6 Å². The van der Waals surface area contributed by atoms with E-state index in [9.17, 15) is 0 Å². The summed E-state index contributed by atoms with van der Waals surface area (Å²) in [4.78, 5) is 0. The summed E-state index contributed by atoms with van der Waals surface area (Å²) >= 11 is 0. The highest BCUT2D eigenvalue weighted by Crippen LogP contribution is 2.25. The molecule has 0 saturated heterocycles. The molecular formula is C16H24N4. The third-order valence-electron chi connectivity index (χ3n) is 3.87. The zero-order valence-corrected chi connectivity index (χ0v) is 12.6. The van der Waals surface area contributed by atoms with Crippen LogP contribution in [0.1, 0.15) is 55.1 Å². The van der Waals surface area contributed by atoms with Crippen molar-refractivity contribution in [3.05, 3.63) is 46.8 Å². The van der Waals surface area contributed by atoms with E-state index in [1.54, 1.807) is 0 Å². The number of hydrogen-bond donors (Lipinski definition) is 1. The molecule has 2 rings (SSSR count). The van der Waals surface area contributed by atoms with Crippen LogP contribution in [0.15, 0.2) is 24.3 Å². The molecule has 4 heteroatoms. The van der Waals surface area contributed by atoms with Crippen LogP contribution in [0, 0.1) is 6.92 Å². The summed E-state index contributed by atoms with van der Waals surface area (Å²) in [6.07, 6.45) is 2.18. The molecule has 0 spiro atoms. The molecule has 1 aromatic heterocycles. The lowest BCUT2D eigenvalue weighted by molar-refractivity contribution is 0.541.